The van der Waals surface area contributed by atoms with Crippen molar-refractivity contribution >= 4 is 0 Å². The Balaban J connectivity index is 1.78. The van der Waals surface area contributed by atoms with E-state index in [0.717, 1.165) is 30.1 Å². The van der Waals surface area contributed by atoms with Crippen LogP contribution in [0.25, 0.3) is 11.3 Å². The summed E-state index contributed by atoms with van der Waals surface area (Å²) < 4.78 is 5.59. The lowest BCUT2D eigenvalue weighted by molar-refractivity contribution is 0.425. The number of likely N-dealkylation sites (N-methyl/N-ethyl adjacent to an activating group) is 1. The summed E-state index contributed by atoms with van der Waals surface area (Å²) >= 11 is 0. The Morgan fingerprint density at radius 3 is 2.89 bits per heavy atom. The van der Waals surface area contributed by atoms with Crippen LogP contribution in [0.5, 0.6) is 0 Å². The minimum Gasteiger partial charge on any atom is -0.447 e. The Morgan fingerprint density at radius 2 is 2.17 bits per heavy atom. The Labute approximate surface area is 106 Å². The van der Waals surface area contributed by atoms with Crippen molar-refractivity contribution in [2.24, 2.45) is 0 Å². The average Bonchev–Trinajstić information content (AvgIpc) is 3.08. The van der Waals surface area contributed by atoms with Gasteiger partial charge in [0.25, 0.3) is 0 Å². The number of benzene rings is 1. The molecule has 4 nitrogen and oxygen atoms in total. The maximum atomic E-state index is 5.59. The largest absolute Gasteiger partial charge is 0.447 e. The molecule has 0 radical (unpaired) electrons. The molecule has 18 heavy (non-hydrogen) atoms. The van der Waals surface area contributed by atoms with Crippen LogP contribution in [0.1, 0.15) is 18.4 Å². The molecule has 2 unspecified atom stereocenters. The van der Waals surface area contributed by atoms with Gasteiger partial charge in [-0.2, -0.15) is 0 Å². The first-order chi connectivity index (χ1) is 8.86. The summed E-state index contributed by atoms with van der Waals surface area (Å²) in [5, 5.41) is 6.69. The van der Waals surface area contributed by atoms with Gasteiger partial charge in [0.05, 0.1) is 6.04 Å². The summed E-state index contributed by atoms with van der Waals surface area (Å²) in [6.07, 6.45) is 2.75. The van der Waals surface area contributed by atoms with Crippen LogP contribution in [0.4, 0.5) is 0 Å². The molecule has 2 aromatic rings. The zero-order chi connectivity index (χ0) is 12.4. The van der Waals surface area contributed by atoms with E-state index in [0.29, 0.717) is 6.04 Å². The summed E-state index contributed by atoms with van der Waals surface area (Å²) in [6, 6.07) is 10.8. The normalized spacial score (nSPS) is 23.4. The smallest absolute Gasteiger partial charge is 0.211 e. The predicted molar refractivity (Wildman–Crippen MR) is 70.1 cm³/mol. The topological polar surface area (TPSA) is 50.1 Å². The minimum absolute atomic E-state index is 0.222. The highest BCUT2D eigenvalue weighted by Gasteiger charge is 2.27. The molecule has 2 N–H and O–H groups in total. The maximum absolute atomic E-state index is 5.59. The molecule has 0 spiro atoms. The van der Waals surface area contributed by atoms with Gasteiger partial charge in [-0.25, -0.2) is 4.98 Å². The fourth-order valence-corrected chi connectivity index (χ4v) is 2.33. The van der Waals surface area contributed by atoms with Gasteiger partial charge in [-0.3, -0.25) is 0 Å². The molecule has 0 aliphatic carbocycles. The van der Waals surface area contributed by atoms with Gasteiger partial charge in [0.1, 0.15) is 12.0 Å². The molecular formula is C14H17N3O. The van der Waals surface area contributed by atoms with Crippen molar-refractivity contribution in [3.8, 4) is 11.3 Å². The second-order valence-corrected chi connectivity index (χ2v) is 4.62. The number of aromatic nitrogens is 1. The third-order valence-corrected chi connectivity index (χ3v) is 3.43. The molecule has 0 saturated carbocycles. The molecule has 1 fully saturated rings. The van der Waals surface area contributed by atoms with Gasteiger partial charge < -0.3 is 15.1 Å². The molecule has 4 heteroatoms. The maximum Gasteiger partial charge on any atom is 0.211 e. The van der Waals surface area contributed by atoms with Gasteiger partial charge in [0.2, 0.25) is 5.89 Å². The highest BCUT2D eigenvalue weighted by atomic mass is 16.3. The summed E-state index contributed by atoms with van der Waals surface area (Å²) in [5.74, 6) is 0.784. The molecule has 2 atom stereocenters. The highest BCUT2D eigenvalue weighted by Crippen LogP contribution is 2.26. The average molecular weight is 243 g/mol. The van der Waals surface area contributed by atoms with E-state index in [2.05, 4.69) is 15.6 Å². The Kier molecular flexibility index (Phi) is 3.13. The van der Waals surface area contributed by atoms with Crippen LogP contribution in [0.3, 0.4) is 0 Å². The number of rotatable bonds is 3. The highest BCUT2D eigenvalue weighted by molar-refractivity contribution is 5.57. The standard InChI is InChI=1S/C14H17N3O/c1-15-11-7-12(16-8-11)14-17-13(9-18-14)10-5-3-2-4-6-10/h2-6,9,11-12,15-16H,7-8H2,1H3. The van der Waals surface area contributed by atoms with E-state index in [4.69, 9.17) is 4.42 Å². The van der Waals surface area contributed by atoms with Crippen molar-refractivity contribution in [3.05, 3.63) is 42.5 Å². The summed E-state index contributed by atoms with van der Waals surface area (Å²) in [5.41, 5.74) is 2.00. The molecular weight excluding hydrogens is 226 g/mol. The van der Waals surface area contributed by atoms with E-state index < -0.39 is 0 Å². The predicted octanol–water partition coefficient (Wildman–Crippen LogP) is 1.96. The zero-order valence-electron chi connectivity index (χ0n) is 10.4. The van der Waals surface area contributed by atoms with Crippen LogP contribution in [0.2, 0.25) is 0 Å². The fraction of sp³-hybridized carbons (Fsp3) is 0.357. The first kappa shape index (κ1) is 11.4. The van der Waals surface area contributed by atoms with Gasteiger partial charge in [0.15, 0.2) is 0 Å². The van der Waals surface area contributed by atoms with Crippen LogP contribution in [-0.2, 0) is 0 Å². The van der Waals surface area contributed by atoms with E-state index in [1.807, 2.05) is 37.4 Å². The van der Waals surface area contributed by atoms with E-state index in [-0.39, 0.29) is 6.04 Å². The first-order valence-corrected chi connectivity index (χ1v) is 6.28. The van der Waals surface area contributed by atoms with Crippen LogP contribution in [0.15, 0.2) is 41.0 Å². The molecule has 0 bridgehead atoms. The SMILES string of the molecule is CNC1CNC(c2nc(-c3ccccc3)co2)C1. The number of oxazole rings is 1. The lowest BCUT2D eigenvalue weighted by Gasteiger charge is -2.05. The lowest BCUT2D eigenvalue weighted by atomic mass is 10.1. The van der Waals surface area contributed by atoms with Crippen molar-refractivity contribution in [1.29, 1.82) is 0 Å². The van der Waals surface area contributed by atoms with E-state index in [1.54, 1.807) is 6.26 Å². The van der Waals surface area contributed by atoms with Gasteiger partial charge in [-0.1, -0.05) is 30.3 Å². The van der Waals surface area contributed by atoms with Crippen LogP contribution < -0.4 is 10.6 Å². The molecule has 1 aromatic carbocycles. The van der Waals surface area contributed by atoms with Gasteiger partial charge >= 0.3 is 0 Å². The second kappa shape index (κ2) is 4.92. The molecule has 2 heterocycles. The number of hydrogen-bond acceptors (Lipinski definition) is 4. The third kappa shape index (κ3) is 2.17. The molecule has 1 aliphatic heterocycles. The lowest BCUT2D eigenvalue weighted by Crippen LogP contribution is -2.26. The molecule has 1 aromatic heterocycles. The second-order valence-electron chi connectivity index (χ2n) is 4.62. The van der Waals surface area contributed by atoms with Crippen LogP contribution in [0, 0.1) is 0 Å². The molecule has 1 aliphatic rings. The van der Waals surface area contributed by atoms with E-state index in [9.17, 15) is 0 Å². The fourth-order valence-electron chi connectivity index (χ4n) is 2.33. The quantitative estimate of drug-likeness (QED) is 0.865. The molecule has 3 rings (SSSR count). The monoisotopic (exact) mass is 243 g/mol. The molecule has 0 amide bonds. The third-order valence-electron chi connectivity index (χ3n) is 3.43. The van der Waals surface area contributed by atoms with Gasteiger partial charge in [0, 0.05) is 18.2 Å². The van der Waals surface area contributed by atoms with Crippen LogP contribution >= 0.6 is 0 Å². The number of hydrogen-bond donors (Lipinski definition) is 2. The van der Waals surface area contributed by atoms with Crippen LogP contribution in [-0.4, -0.2) is 24.6 Å². The Bertz CT molecular complexity index is 509. The first-order valence-electron chi connectivity index (χ1n) is 6.28. The summed E-state index contributed by atoms with van der Waals surface area (Å²) in [7, 11) is 1.99. The Hall–Kier alpha value is -1.65. The summed E-state index contributed by atoms with van der Waals surface area (Å²) in [6.45, 7) is 0.963. The summed E-state index contributed by atoms with van der Waals surface area (Å²) in [4.78, 5) is 4.57. The van der Waals surface area contributed by atoms with Gasteiger partial charge in [-0.05, 0) is 13.5 Å². The Morgan fingerprint density at radius 1 is 1.33 bits per heavy atom. The molecule has 1 saturated heterocycles. The van der Waals surface area contributed by atoms with Crippen molar-refractivity contribution in [2.45, 2.75) is 18.5 Å². The minimum atomic E-state index is 0.222. The van der Waals surface area contributed by atoms with Gasteiger partial charge in [-0.15, -0.1) is 0 Å². The molecule has 94 valence electrons. The number of nitrogens with zero attached hydrogens (tertiary/aromatic N) is 1. The van der Waals surface area contributed by atoms with Crippen molar-refractivity contribution in [3.63, 3.8) is 0 Å². The van der Waals surface area contributed by atoms with Crippen molar-refractivity contribution in [1.82, 2.24) is 15.6 Å². The zero-order valence-corrected chi connectivity index (χ0v) is 10.4. The van der Waals surface area contributed by atoms with Crippen molar-refractivity contribution in [2.75, 3.05) is 13.6 Å². The van der Waals surface area contributed by atoms with E-state index >= 15 is 0 Å². The number of nitrogens with one attached hydrogen (secondary N) is 2. The van der Waals surface area contributed by atoms with E-state index in [1.165, 1.54) is 0 Å². The van der Waals surface area contributed by atoms with Crippen molar-refractivity contribution < 1.29 is 4.42 Å².